The van der Waals surface area contributed by atoms with Crippen molar-refractivity contribution < 1.29 is 50.9 Å². The van der Waals surface area contributed by atoms with Gasteiger partial charge in [-0.15, -0.1) is 0 Å². The summed E-state index contributed by atoms with van der Waals surface area (Å²) in [5, 5.41) is 10.6. The number of alkyl halides is 5. The molecule has 0 aliphatic carbocycles. The van der Waals surface area contributed by atoms with Crippen LogP contribution in [-0.2, 0) is 23.9 Å². The number of carboxylic acid groups (broad SMARTS) is 1. The molecule has 0 aromatic carbocycles. The molecule has 0 heterocycles. The number of hydrogen-bond donors (Lipinski definition) is 3. The summed E-state index contributed by atoms with van der Waals surface area (Å²) in [6.45, 7) is 1.49. The van der Waals surface area contributed by atoms with Crippen LogP contribution in [0.5, 0.6) is 0 Å². The topological polar surface area (TPSA) is 128 Å². The van der Waals surface area contributed by atoms with E-state index in [0.717, 1.165) is 0 Å². The van der Waals surface area contributed by atoms with E-state index in [1.165, 1.54) is 21.0 Å². The first-order chi connectivity index (χ1) is 13.1. The summed E-state index contributed by atoms with van der Waals surface area (Å²) in [4.78, 5) is 34.9. The molecule has 4 N–H and O–H groups in total. The maximum absolute atomic E-state index is 13.4. The largest absolute Gasteiger partial charge is 0.477 e. The minimum atomic E-state index is -5.75. The average molecular weight is 436 g/mol. The number of carbonyl (C=O) groups excluding carboxylic acids is 2. The summed E-state index contributed by atoms with van der Waals surface area (Å²) in [5.74, 6) is -10.3. The molecule has 1 amide bonds. The first-order valence-electron chi connectivity index (χ1n) is 8.49. The molecule has 8 nitrogen and oxygen atoms in total. The number of ketones is 1. The van der Waals surface area contributed by atoms with Gasteiger partial charge in [0.05, 0.1) is 6.04 Å². The van der Waals surface area contributed by atoms with Crippen molar-refractivity contribution in [1.82, 2.24) is 5.32 Å². The predicted octanol–water partition coefficient (Wildman–Crippen LogP) is 1.26. The van der Waals surface area contributed by atoms with Crippen molar-refractivity contribution in [3.8, 4) is 0 Å². The van der Waals surface area contributed by atoms with Crippen LogP contribution in [0.3, 0.4) is 0 Å². The van der Waals surface area contributed by atoms with E-state index in [0.29, 0.717) is 12.8 Å². The first-order valence-corrected chi connectivity index (χ1v) is 8.49. The van der Waals surface area contributed by atoms with Crippen LogP contribution in [0.1, 0.15) is 33.1 Å². The highest BCUT2D eigenvalue weighted by atomic mass is 19.4. The summed E-state index contributed by atoms with van der Waals surface area (Å²) >= 11 is 0. The molecule has 0 bridgehead atoms. The molecule has 170 valence electrons. The molecule has 13 heteroatoms. The number of ether oxygens (including phenoxy) is 2. The highest BCUT2D eigenvalue weighted by molar-refractivity contribution is 5.92. The summed E-state index contributed by atoms with van der Waals surface area (Å²) in [5.41, 5.74) is 3.95. The lowest BCUT2D eigenvalue weighted by atomic mass is 10.0. The summed E-state index contributed by atoms with van der Waals surface area (Å²) in [6.07, 6.45) is -9.10. The van der Waals surface area contributed by atoms with Gasteiger partial charge in [-0.1, -0.05) is 0 Å². The van der Waals surface area contributed by atoms with E-state index in [1.807, 2.05) is 0 Å². The van der Waals surface area contributed by atoms with Gasteiger partial charge < -0.3 is 25.6 Å². The fourth-order valence-corrected chi connectivity index (χ4v) is 2.01. The summed E-state index contributed by atoms with van der Waals surface area (Å²) in [7, 11) is 1.22. The van der Waals surface area contributed by atoms with Gasteiger partial charge in [-0.05, 0) is 39.7 Å². The van der Waals surface area contributed by atoms with Crippen LogP contribution in [0.25, 0.3) is 0 Å². The number of hydrogen-bond acceptors (Lipinski definition) is 6. The number of aliphatic carboxylic acids is 1. The number of nitrogens with two attached hydrogens (primary N) is 1. The fourth-order valence-electron chi connectivity index (χ4n) is 2.01. The Morgan fingerprint density at radius 3 is 2.07 bits per heavy atom. The second-order valence-electron chi connectivity index (χ2n) is 6.65. The Morgan fingerprint density at radius 1 is 1.10 bits per heavy atom. The van der Waals surface area contributed by atoms with E-state index in [-0.39, 0.29) is 13.0 Å². The molecule has 0 saturated carbocycles. The molecule has 2 atom stereocenters. The van der Waals surface area contributed by atoms with Gasteiger partial charge >= 0.3 is 18.1 Å². The van der Waals surface area contributed by atoms with Gasteiger partial charge in [-0.3, -0.25) is 9.59 Å². The Bertz CT molecular complexity index is 583. The summed E-state index contributed by atoms with van der Waals surface area (Å²) < 4.78 is 74.0. The van der Waals surface area contributed by atoms with Crippen LogP contribution in [-0.4, -0.2) is 72.9 Å². The number of carbonyl (C=O) groups is 3. The first kappa shape index (κ1) is 27.1. The molecule has 0 aliphatic rings. The van der Waals surface area contributed by atoms with E-state index in [9.17, 15) is 36.3 Å². The van der Waals surface area contributed by atoms with Crippen molar-refractivity contribution in [2.75, 3.05) is 20.3 Å². The van der Waals surface area contributed by atoms with E-state index in [4.69, 9.17) is 15.6 Å². The Kier molecular flexibility index (Phi) is 10.1. The zero-order chi connectivity index (χ0) is 23.0. The number of unbranched alkanes of at least 4 members (excludes halogenated alkanes) is 1. The van der Waals surface area contributed by atoms with Crippen LogP contribution in [0, 0.1) is 0 Å². The van der Waals surface area contributed by atoms with Gasteiger partial charge in [-0.25, -0.2) is 4.79 Å². The quantitative estimate of drug-likeness (QED) is 0.293. The maximum atomic E-state index is 13.4. The van der Waals surface area contributed by atoms with Crippen LogP contribution in [0.2, 0.25) is 0 Å². The fraction of sp³-hybridized carbons (Fsp3) is 0.812. The predicted molar refractivity (Wildman–Crippen MR) is 89.3 cm³/mol. The van der Waals surface area contributed by atoms with Crippen molar-refractivity contribution in [2.45, 2.75) is 63.0 Å². The monoisotopic (exact) mass is 436 g/mol. The lowest BCUT2D eigenvalue weighted by Crippen LogP contribution is -2.54. The Labute approximate surface area is 163 Å². The van der Waals surface area contributed by atoms with E-state index in [1.54, 1.807) is 0 Å². The van der Waals surface area contributed by atoms with Crippen LogP contribution < -0.4 is 11.1 Å². The van der Waals surface area contributed by atoms with Crippen molar-refractivity contribution >= 4 is 17.7 Å². The van der Waals surface area contributed by atoms with Gasteiger partial charge in [0, 0.05) is 7.11 Å². The molecule has 0 spiro atoms. The van der Waals surface area contributed by atoms with E-state index >= 15 is 0 Å². The van der Waals surface area contributed by atoms with E-state index < -0.39 is 54.1 Å². The van der Waals surface area contributed by atoms with Gasteiger partial charge in [-0.2, -0.15) is 22.0 Å². The zero-order valence-corrected chi connectivity index (χ0v) is 16.1. The lowest BCUT2D eigenvalue weighted by molar-refractivity contribution is -0.281. The van der Waals surface area contributed by atoms with Crippen LogP contribution in [0.15, 0.2) is 0 Å². The maximum Gasteiger partial charge on any atom is 0.421 e. The van der Waals surface area contributed by atoms with Gasteiger partial charge in [0.1, 0.15) is 12.2 Å². The minimum absolute atomic E-state index is 0.0447. The van der Waals surface area contributed by atoms with Crippen LogP contribution >= 0.6 is 0 Å². The highest BCUT2D eigenvalue weighted by Gasteiger charge is 2.62. The van der Waals surface area contributed by atoms with Gasteiger partial charge in [0.15, 0.2) is 5.78 Å². The molecular formula is C16H25F5N2O6. The van der Waals surface area contributed by atoms with Gasteiger partial charge in [0.25, 0.3) is 5.91 Å². The smallest absolute Gasteiger partial charge is 0.421 e. The number of carboxylic acids is 1. The zero-order valence-electron chi connectivity index (χ0n) is 16.1. The average Bonchev–Trinajstić information content (AvgIpc) is 2.59. The normalized spacial score (nSPS) is 14.9. The van der Waals surface area contributed by atoms with Crippen molar-refractivity contribution in [3.05, 3.63) is 0 Å². The van der Waals surface area contributed by atoms with Crippen molar-refractivity contribution in [1.29, 1.82) is 0 Å². The Morgan fingerprint density at radius 2 is 1.66 bits per heavy atom. The molecule has 0 fully saturated rings. The molecule has 0 aromatic heterocycles. The number of amides is 1. The number of methoxy groups -OCH3 is 1. The van der Waals surface area contributed by atoms with Gasteiger partial charge in [0.2, 0.25) is 6.10 Å². The standard InChI is InChI=1S/C16H25F5N2O6/c1-14(2,28-3)12(25)23-9(6-4-5-7-22)10(24)8-29-11(16(19,20)21)15(17,18)13(26)27/h9,11H,4-8,22H2,1-3H3,(H,23,25)(H,26,27)/t9-,11?/m0/s1. The molecule has 0 aliphatic heterocycles. The third-order valence-electron chi connectivity index (χ3n) is 4.00. The molecule has 0 aromatic rings. The molecule has 1 unspecified atom stereocenters. The van der Waals surface area contributed by atoms with E-state index in [2.05, 4.69) is 10.1 Å². The Hall–Kier alpha value is -1.86. The molecular weight excluding hydrogens is 411 g/mol. The minimum Gasteiger partial charge on any atom is -0.477 e. The molecule has 0 saturated heterocycles. The number of nitrogens with one attached hydrogen (secondary N) is 1. The Balaban J connectivity index is 5.37. The number of rotatable bonds is 13. The second-order valence-corrected chi connectivity index (χ2v) is 6.65. The number of Topliss-reactive ketones (excluding diaryl/α,β-unsaturated/α-hetero) is 1. The van der Waals surface area contributed by atoms with Crippen molar-refractivity contribution in [3.63, 3.8) is 0 Å². The third-order valence-corrected chi connectivity index (χ3v) is 4.00. The highest BCUT2D eigenvalue weighted by Crippen LogP contribution is 2.35. The van der Waals surface area contributed by atoms with Crippen LogP contribution in [0.4, 0.5) is 22.0 Å². The summed E-state index contributed by atoms with van der Waals surface area (Å²) in [6, 6.07) is -1.36. The SMILES string of the molecule is COC(C)(C)C(=O)N[C@@H](CCCCN)C(=O)COC(C(F)(F)F)C(F)(F)C(=O)O. The van der Waals surface area contributed by atoms with Crippen molar-refractivity contribution in [2.24, 2.45) is 5.73 Å². The second kappa shape index (κ2) is 10.8. The number of halogens is 5. The lowest BCUT2D eigenvalue weighted by Gasteiger charge is -2.28. The molecule has 0 rings (SSSR count). The molecule has 0 radical (unpaired) electrons. The third kappa shape index (κ3) is 8.19. The molecule has 29 heavy (non-hydrogen) atoms.